The van der Waals surface area contributed by atoms with Crippen LogP contribution in [0.2, 0.25) is 0 Å². The number of hydrogen-bond acceptors (Lipinski definition) is 3. The zero-order valence-electron chi connectivity index (χ0n) is 7.92. The van der Waals surface area contributed by atoms with Crippen LogP contribution in [0.5, 0.6) is 0 Å². The first-order valence-corrected chi connectivity index (χ1v) is 4.30. The van der Waals surface area contributed by atoms with Gasteiger partial charge in [-0.1, -0.05) is 13.8 Å². The normalized spacial score (nSPS) is 11.0. The molecule has 0 unspecified atom stereocenters. The number of hydrogen-bond donors (Lipinski definition) is 1. The van der Waals surface area contributed by atoms with Gasteiger partial charge < -0.3 is 9.73 Å². The molecule has 0 atom stereocenters. The third kappa shape index (κ3) is 2.66. The van der Waals surface area contributed by atoms with Gasteiger partial charge in [0.05, 0.1) is 5.69 Å². The van der Waals surface area contributed by atoms with E-state index in [1.54, 1.807) is 6.26 Å². The van der Waals surface area contributed by atoms with Crippen LogP contribution in [-0.4, -0.2) is 12.0 Å². The van der Waals surface area contributed by atoms with Crippen LogP contribution < -0.4 is 5.32 Å². The fourth-order valence-electron chi connectivity index (χ4n) is 1.05. The van der Waals surface area contributed by atoms with Crippen molar-refractivity contribution >= 4 is 0 Å². The topological polar surface area (TPSA) is 38.1 Å². The smallest absolute Gasteiger partial charge is 0.194 e. The van der Waals surface area contributed by atoms with Gasteiger partial charge in [-0.05, 0) is 13.0 Å². The Kier molecular flexibility index (Phi) is 3.29. The summed E-state index contributed by atoms with van der Waals surface area (Å²) in [6.45, 7) is 5.09. The van der Waals surface area contributed by atoms with E-state index in [0.717, 1.165) is 24.6 Å². The highest BCUT2D eigenvalue weighted by Crippen LogP contribution is 2.07. The lowest BCUT2D eigenvalue weighted by molar-refractivity contribution is 0.457. The fourth-order valence-corrected chi connectivity index (χ4v) is 1.05. The van der Waals surface area contributed by atoms with Gasteiger partial charge in [0.25, 0.3) is 0 Å². The maximum Gasteiger partial charge on any atom is 0.194 e. The molecule has 0 aliphatic rings. The molecule has 0 aromatic carbocycles. The summed E-state index contributed by atoms with van der Waals surface area (Å²) in [5.74, 6) is 1.45. The highest BCUT2D eigenvalue weighted by Gasteiger charge is 2.04. The van der Waals surface area contributed by atoms with Crippen molar-refractivity contribution in [1.82, 2.24) is 10.3 Å². The highest BCUT2D eigenvalue weighted by atomic mass is 16.3. The second-order valence-electron chi connectivity index (χ2n) is 3.36. The first-order chi connectivity index (χ1) is 5.72. The molecule has 0 radical (unpaired) electrons. The number of nitrogens with zero attached hydrogens (tertiary/aromatic N) is 1. The molecule has 1 aromatic rings. The van der Waals surface area contributed by atoms with Gasteiger partial charge in [-0.2, -0.15) is 0 Å². The van der Waals surface area contributed by atoms with Crippen molar-refractivity contribution in [1.29, 1.82) is 0 Å². The SMILES string of the molecule is CNCc1coc(CC(C)C)n1. The molecule has 0 bridgehead atoms. The quantitative estimate of drug-likeness (QED) is 0.742. The van der Waals surface area contributed by atoms with Crippen molar-refractivity contribution in [3.63, 3.8) is 0 Å². The largest absolute Gasteiger partial charge is 0.449 e. The predicted molar refractivity (Wildman–Crippen MR) is 47.8 cm³/mol. The molecule has 1 rings (SSSR count). The fraction of sp³-hybridized carbons (Fsp3) is 0.667. The van der Waals surface area contributed by atoms with E-state index in [9.17, 15) is 0 Å². The maximum atomic E-state index is 5.28. The van der Waals surface area contributed by atoms with Crippen molar-refractivity contribution in [3.05, 3.63) is 17.8 Å². The summed E-state index contributed by atoms with van der Waals surface area (Å²) in [4.78, 5) is 4.31. The van der Waals surface area contributed by atoms with Crippen LogP contribution in [0.3, 0.4) is 0 Å². The molecule has 12 heavy (non-hydrogen) atoms. The van der Waals surface area contributed by atoms with Gasteiger partial charge in [0, 0.05) is 13.0 Å². The van der Waals surface area contributed by atoms with Crippen molar-refractivity contribution < 1.29 is 4.42 Å². The van der Waals surface area contributed by atoms with Gasteiger partial charge in [-0.3, -0.25) is 0 Å². The average molecular weight is 168 g/mol. The minimum Gasteiger partial charge on any atom is -0.449 e. The molecule has 0 saturated carbocycles. The van der Waals surface area contributed by atoms with E-state index in [0.29, 0.717) is 5.92 Å². The zero-order chi connectivity index (χ0) is 8.97. The minimum atomic E-state index is 0.603. The van der Waals surface area contributed by atoms with E-state index in [2.05, 4.69) is 24.1 Å². The Balaban J connectivity index is 2.52. The van der Waals surface area contributed by atoms with E-state index < -0.39 is 0 Å². The molecule has 1 heterocycles. The molecule has 3 nitrogen and oxygen atoms in total. The van der Waals surface area contributed by atoms with Gasteiger partial charge in [0.1, 0.15) is 6.26 Å². The van der Waals surface area contributed by atoms with Gasteiger partial charge in [0.15, 0.2) is 5.89 Å². The van der Waals surface area contributed by atoms with Crippen molar-refractivity contribution in [2.75, 3.05) is 7.05 Å². The van der Waals surface area contributed by atoms with Crippen LogP contribution in [0.25, 0.3) is 0 Å². The molecular weight excluding hydrogens is 152 g/mol. The first kappa shape index (κ1) is 9.26. The van der Waals surface area contributed by atoms with E-state index >= 15 is 0 Å². The summed E-state index contributed by atoms with van der Waals surface area (Å²) in [5.41, 5.74) is 0.980. The number of aromatic nitrogens is 1. The molecule has 0 saturated heterocycles. The Labute approximate surface area is 73.2 Å². The Morgan fingerprint density at radius 3 is 2.92 bits per heavy atom. The Bertz CT molecular complexity index is 230. The van der Waals surface area contributed by atoms with Crippen molar-refractivity contribution in [2.24, 2.45) is 5.92 Å². The number of oxazole rings is 1. The van der Waals surface area contributed by atoms with Crippen LogP contribution in [0.1, 0.15) is 25.4 Å². The van der Waals surface area contributed by atoms with Gasteiger partial charge >= 0.3 is 0 Å². The number of nitrogens with one attached hydrogen (secondary N) is 1. The maximum absolute atomic E-state index is 5.28. The summed E-state index contributed by atoms with van der Waals surface area (Å²) in [6, 6.07) is 0. The van der Waals surface area contributed by atoms with E-state index in [-0.39, 0.29) is 0 Å². The van der Waals surface area contributed by atoms with E-state index in [1.165, 1.54) is 0 Å². The molecule has 3 heteroatoms. The Hall–Kier alpha value is -0.830. The molecular formula is C9H16N2O. The molecule has 0 spiro atoms. The third-order valence-corrected chi connectivity index (χ3v) is 1.54. The lowest BCUT2D eigenvalue weighted by Gasteiger charge is -1.97. The Morgan fingerprint density at radius 2 is 2.33 bits per heavy atom. The average Bonchev–Trinajstić information content (AvgIpc) is 2.36. The zero-order valence-corrected chi connectivity index (χ0v) is 7.92. The predicted octanol–water partition coefficient (Wildman–Crippen LogP) is 1.59. The van der Waals surface area contributed by atoms with Crippen molar-refractivity contribution in [3.8, 4) is 0 Å². The van der Waals surface area contributed by atoms with Gasteiger partial charge in [-0.15, -0.1) is 0 Å². The second kappa shape index (κ2) is 4.26. The van der Waals surface area contributed by atoms with Gasteiger partial charge in [0.2, 0.25) is 0 Å². The lowest BCUT2D eigenvalue weighted by Crippen LogP contribution is -2.05. The third-order valence-electron chi connectivity index (χ3n) is 1.54. The van der Waals surface area contributed by atoms with Crippen LogP contribution in [-0.2, 0) is 13.0 Å². The molecule has 68 valence electrons. The molecule has 0 amide bonds. The highest BCUT2D eigenvalue weighted by molar-refractivity contribution is 4.96. The summed E-state index contributed by atoms with van der Waals surface area (Å²) in [6.07, 6.45) is 2.64. The van der Waals surface area contributed by atoms with E-state index in [4.69, 9.17) is 4.42 Å². The van der Waals surface area contributed by atoms with Crippen LogP contribution in [0.15, 0.2) is 10.7 Å². The second-order valence-corrected chi connectivity index (χ2v) is 3.36. The molecule has 0 aliphatic heterocycles. The molecule has 1 N–H and O–H groups in total. The van der Waals surface area contributed by atoms with Gasteiger partial charge in [-0.25, -0.2) is 4.98 Å². The standard InChI is InChI=1S/C9H16N2O/c1-7(2)4-9-11-8(5-10-3)6-12-9/h6-7,10H,4-5H2,1-3H3. The van der Waals surface area contributed by atoms with E-state index in [1.807, 2.05) is 7.05 Å². The first-order valence-electron chi connectivity index (χ1n) is 4.30. The molecule has 0 aliphatic carbocycles. The summed E-state index contributed by atoms with van der Waals surface area (Å²) < 4.78 is 5.28. The number of rotatable bonds is 4. The Morgan fingerprint density at radius 1 is 1.58 bits per heavy atom. The van der Waals surface area contributed by atoms with Crippen LogP contribution in [0, 0.1) is 5.92 Å². The van der Waals surface area contributed by atoms with Crippen molar-refractivity contribution in [2.45, 2.75) is 26.8 Å². The molecule has 1 aromatic heterocycles. The van der Waals surface area contributed by atoms with Crippen LogP contribution in [0.4, 0.5) is 0 Å². The summed E-state index contributed by atoms with van der Waals surface area (Å²) in [7, 11) is 1.90. The van der Waals surface area contributed by atoms with Crippen LogP contribution >= 0.6 is 0 Å². The monoisotopic (exact) mass is 168 g/mol. The summed E-state index contributed by atoms with van der Waals surface area (Å²) in [5, 5.41) is 3.03. The molecule has 0 fully saturated rings. The summed E-state index contributed by atoms with van der Waals surface area (Å²) >= 11 is 0. The minimum absolute atomic E-state index is 0.603. The lowest BCUT2D eigenvalue weighted by atomic mass is 10.1.